The number of rotatable bonds is 20. The lowest BCUT2D eigenvalue weighted by molar-refractivity contribution is -0.136. The quantitative estimate of drug-likeness (QED) is 0.0416. The number of aromatic nitrogens is 8. The van der Waals surface area contributed by atoms with Crippen LogP contribution in [0.25, 0.3) is 88.8 Å². The molecule has 6 N–H and O–H groups in total. The number of hydrogen-bond acceptors (Lipinski definition) is 12. The Morgan fingerprint density at radius 1 is 0.366 bits per heavy atom. The van der Waals surface area contributed by atoms with Gasteiger partial charge in [0.1, 0.15) is 35.4 Å². The van der Waals surface area contributed by atoms with Crippen LogP contribution in [-0.2, 0) is 41.5 Å². The molecule has 6 atom stereocenters. The summed E-state index contributed by atoms with van der Waals surface area (Å²) in [5, 5.41) is 9.88. The van der Waals surface area contributed by atoms with Crippen LogP contribution in [0.3, 0.4) is 0 Å². The predicted octanol–water partition coefficient (Wildman–Crippen LogP) is 16.5. The number of ether oxygens (including phenoxy) is 2. The van der Waals surface area contributed by atoms with E-state index in [1.165, 1.54) is 14.2 Å². The number of nitrogens with zero attached hydrogens (tertiary/aromatic N) is 8. The van der Waals surface area contributed by atoms with Gasteiger partial charge in [0.15, 0.2) is 0 Å². The Hall–Kier alpha value is -12.5. The third kappa shape index (κ3) is 15.8. The van der Waals surface area contributed by atoms with E-state index in [0.29, 0.717) is 25.9 Å². The highest BCUT2D eigenvalue weighted by molar-refractivity contribution is 6.06. The van der Waals surface area contributed by atoms with Gasteiger partial charge in [-0.05, 0) is 129 Å². The molecule has 4 aliphatic heterocycles. The van der Waals surface area contributed by atoms with Gasteiger partial charge < -0.3 is 59.6 Å². The number of hydrogen-bond donors (Lipinski definition) is 6. The number of nitrogens with one attached hydrogen (secondary N) is 6. The van der Waals surface area contributed by atoms with E-state index >= 15 is 0 Å². The van der Waals surface area contributed by atoms with Crippen molar-refractivity contribution in [1.82, 2.24) is 70.1 Å². The summed E-state index contributed by atoms with van der Waals surface area (Å²) in [6, 6.07) is 60.2. The maximum atomic E-state index is 13.7. The number of benzene rings is 8. The molecule has 4 saturated heterocycles. The first-order chi connectivity index (χ1) is 54.6. The Labute approximate surface area is 651 Å². The van der Waals surface area contributed by atoms with Gasteiger partial charge in [-0.25, -0.2) is 29.5 Å². The fourth-order valence-corrected chi connectivity index (χ4v) is 16.6. The van der Waals surface area contributed by atoms with Gasteiger partial charge in [0.05, 0.1) is 98.8 Å². The van der Waals surface area contributed by atoms with Crippen LogP contribution in [0.2, 0.25) is 0 Å². The molecule has 0 saturated carbocycles. The SMILES string of the molecule is COC(=O)N[C@H](C(=O)N1CCC[C@H]1c1ncc(-c2ccc(-c3ccc(-c4cnc([C@@H]5CCCN5C(=O)Cc5ccccc5)[nH]4)c4ccccc34)cc2)[nH]1)C(C)C.COC(=O)N[C@H](C(=O)N1CCC[C@H]1c1ncc(-c2ccc(-c3ccc(-c4cnc([C@@H]5CCCN5C(=O)Cc5ccccc5)[nH]4)cc3)c3ccccc23)[nH]1)C(C)C. The zero-order valence-corrected chi connectivity index (χ0v) is 64.0. The summed E-state index contributed by atoms with van der Waals surface area (Å²) >= 11 is 0. The Balaban J connectivity index is 0.000000177. The molecule has 0 aliphatic carbocycles. The Bertz CT molecular complexity index is 5360. The van der Waals surface area contributed by atoms with E-state index in [0.717, 1.165) is 188 Å². The summed E-state index contributed by atoms with van der Waals surface area (Å²) < 4.78 is 9.56. The summed E-state index contributed by atoms with van der Waals surface area (Å²) in [7, 11) is 2.60. The summed E-state index contributed by atoms with van der Waals surface area (Å²) in [6.07, 6.45) is 13.9. The highest BCUT2D eigenvalue weighted by Crippen LogP contribution is 2.42. The molecular weight excluding hydrogens is 1410 g/mol. The van der Waals surface area contributed by atoms with E-state index in [2.05, 4.69) is 146 Å². The average molecular weight is 1500 g/mol. The molecule has 8 heterocycles. The normalized spacial score (nSPS) is 17.4. The number of amides is 6. The minimum Gasteiger partial charge on any atom is -0.453 e. The van der Waals surface area contributed by atoms with E-state index < -0.39 is 24.3 Å². The van der Waals surface area contributed by atoms with Crippen LogP contribution in [0.5, 0.6) is 0 Å². The van der Waals surface area contributed by atoms with Crippen molar-refractivity contribution in [3.05, 3.63) is 241 Å². The number of H-pyrrole nitrogens is 4. The maximum absolute atomic E-state index is 13.7. The third-order valence-corrected chi connectivity index (χ3v) is 22.5. The minimum atomic E-state index is -0.690. The van der Waals surface area contributed by atoms with E-state index in [9.17, 15) is 28.8 Å². The van der Waals surface area contributed by atoms with Crippen molar-refractivity contribution < 1.29 is 38.2 Å². The standard InChI is InChI=1S/2C45H47N7O4/c1-28(2)41(50-45(55)56-3)44(54)52-24-10-16-39(52)43-46-26-36(48-43)31-19-17-30(18-20-31)32-21-22-35(34-14-8-7-13-33(32)34)37-27-47-42(49-37)38-15-9-23-51(38)40(53)25-29-11-5-4-6-12-29;1-28(2)41(50-45(55)56-3)44(54)52-24-10-16-39(52)43-47-27-37(49-43)35-22-21-32(33-13-7-8-14-34(33)35)30-17-19-31(20-18-30)36-26-46-42(48-36)38-15-9-23-51(38)40(53)25-29-11-5-4-6-12-29/h2*4-8,11-14,17-22,26-28,38-39,41H,9-10,15-16,23-25H2,1-3H3,(H,46,48)(H,47,49)(H,50,55)/t2*38-,39-,41-/m00/s1. The zero-order chi connectivity index (χ0) is 77.5. The zero-order valence-electron chi connectivity index (χ0n) is 64.0. The van der Waals surface area contributed by atoms with Crippen LogP contribution in [0, 0.1) is 11.8 Å². The number of alkyl carbamates (subject to hydrolysis) is 2. The fourth-order valence-electron chi connectivity index (χ4n) is 16.6. The second kappa shape index (κ2) is 33.4. The monoisotopic (exact) mass is 1500 g/mol. The number of fused-ring (bicyclic) bond motifs is 2. The van der Waals surface area contributed by atoms with Crippen LogP contribution >= 0.6 is 0 Å². The molecule has 12 aromatic rings. The lowest BCUT2D eigenvalue weighted by Gasteiger charge is -2.30. The van der Waals surface area contributed by atoms with Crippen LogP contribution in [0.1, 0.15) is 138 Å². The first-order valence-corrected chi connectivity index (χ1v) is 39.0. The third-order valence-electron chi connectivity index (χ3n) is 22.5. The fraction of sp³-hybridized carbons (Fsp3) is 0.311. The Kier molecular flexibility index (Phi) is 22.4. The molecule has 572 valence electrons. The minimum absolute atomic E-state index is 0.0535. The molecule has 0 radical (unpaired) electrons. The van der Waals surface area contributed by atoms with Crippen molar-refractivity contribution in [2.75, 3.05) is 40.4 Å². The maximum Gasteiger partial charge on any atom is 0.407 e. The van der Waals surface area contributed by atoms with E-state index in [4.69, 9.17) is 29.4 Å². The summed E-state index contributed by atoms with van der Waals surface area (Å²) in [6.45, 7) is 10.3. The largest absolute Gasteiger partial charge is 0.453 e. The van der Waals surface area contributed by atoms with Crippen LogP contribution < -0.4 is 10.6 Å². The van der Waals surface area contributed by atoms with Gasteiger partial charge in [-0.2, -0.15) is 0 Å². The van der Waals surface area contributed by atoms with Crippen molar-refractivity contribution in [3.8, 4) is 67.3 Å². The summed E-state index contributed by atoms with van der Waals surface area (Å²) in [5.74, 6) is 2.91. The van der Waals surface area contributed by atoms with Crippen molar-refractivity contribution in [2.45, 2.75) is 128 Å². The van der Waals surface area contributed by atoms with Gasteiger partial charge in [0, 0.05) is 37.3 Å². The molecule has 0 bridgehead atoms. The van der Waals surface area contributed by atoms with E-state index in [1.54, 1.807) is 0 Å². The molecule has 8 aromatic carbocycles. The number of carbonyl (C=O) groups excluding carboxylic acids is 6. The number of aromatic amines is 4. The first-order valence-electron chi connectivity index (χ1n) is 39.0. The highest BCUT2D eigenvalue weighted by atomic mass is 16.5. The van der Waals surface area contributed by atoms with Crippen LogP contribution in [0.15, 0.2) is 207 Å². The Morgan fingerprint density at radius 3 is 0.991 bits per heavy atom. The van der Waals surface area contributed by atoms with Crippen molar-refractivity contribution in [2.24, 2.45) is 11.8 Å². The highest BCUT2D eigenvalue weighted by Gasteiger charge is 2.40. The number of carbonyl (C=O) groups is 6. The summed E-state index contributed by atoms with van der Waals surface area (Å²) in [5.41, 5.74) is 14.2. The molecular formula is C90H94N14O8. The molecule has 16 rings (SSSR count). The smallest absolute Gasteiger partial charge is 0.407 e. The average Bonchev–Trinajstić information content (AvgIpc) is 1.43. The van der Waals surface area contributed by atoms with Gasteiger partial charge in [0.2, 0.25) is 23.6 Å². The van der Waals surface area contributed by atoms with Crippen molar-refractivity contribution in [1.29, 1.82) is 0 Å². The summed E-state index contributed by atoms with van der Waals surface area (Å²) in [4.78, 5) is 119. The first kappa shape index (κ1) is 75.0. The van der Waals surface area contributed by atoms with Gasteiger partial charge >= 0.3 is 12.2 Å². The van der Waals surface area contributed by atoms with Crippen LogP contribution in [-0.4, -0.2) is 148 Å². The lowest BCUT2D eigenvalue weighted by atomic mass is 9.93. The lowest BCUT2D eigenvalue weighted by Crippen LogP contribution is -2.51. The topological polar surface area (TPSA) is 273 Å². The number of methoxy groups -OCH3 is 2. The number of imidazole rings is 4. The molecule has 4 aliphatic rings. The van der Waals surface area contributed by atoms with Crippen molar-refractivity contribution in [3.63, 3.8) is 0 Å². The Morgan fingerprint density at radius 2 is 0.652 bits per heavy atom. The molecule has 112 heavy (non-hydrogen) atoms. The molecule has 6 amide bonds. The second-order valence-electron chi connectivity index (χ2n) is 30.2. The van der Waals surface area contributed by atoms with Crippen LogP contribution in [0.4, 0.5) is 9.59 Å². The molecule has 0 spiro atoms. The molecule has 22 nitrogen and oxygen atoms in total. The predicted molar refractivity (Wildman–Crippen MR) is 432 cm³/mol. The molecule has 0 unspecified atom stereocenters. The van der Waals surface area contributed by atoms with E-state index in [1.807, 2.05) is 139 Å². The van der Waals surface area contributed by atoms with Gasteiger partial charge in [-0.3, -0.25) is 19.2 Å². The second-order valence-corrected chi connectivity index (χ2v) is 30.2. The molecule has 22 heteroatoms. The molecule has 4 aromatic heterocycles. The van der Waals surface area contributed by atoms with Crippen molar-refractivity contribution >= 4 is 57.4 Å². The van der Waals surface area contributed by atoms with E-state index in [-0.39, 0.29) is 59.6 Å². The molecule has 4 fully saturated rings. The van der Waals surface area contributed by atoms with Gasteiger partial charge in [0.25, 0.3) is 0 Å². The number of likely N-dealkylation sites (tertiary alicyclic amines) is 4. The van der Waals surface area contributed by atoms with Gasteiger partial charge in [-0.15, -0.1) is 0 Å². The van der Waals surface area contributed by atoms with Gasteiger partial charge in [-0.1, -0.05) is 210 Å².